The van der Waals surface area contributed by atoms with Crippen molar-refractivity contribution in [1.29, 1.82) is 0 Å². The van der Waals surface area contributed by atoms with Crippen LogP contribution in [0.4, 0.5) is 0 Å². The molecule has 2 rings (SSSR count). The molecular formula is C12H20N2S. The lowest BCUT2D eigenvalue weighted by atomic mass is 9.67. The molecule has 0 amide bonds. The molecule has 1 fully saturated rings. The largest absolute Gasteiger partial charge is 0.317 e. The zero-order chi connectivity index (χ0) is 10.9. The van der Waals surface area contributed by atoms with Gasteiger partial charge in [0.2, 0.25) is 0 Å². The zero-order valence-electron chi connectivity index (χ0n) is 9.79. The Bertz CT molecular complexity index is 305. The van der Waals surface area contributed by atoms with Gasteiger partial charge in [0.1, 0.15) is 0 Å². The number of hydrogen-bond donors (Lipinski definition) is 1. The minimum Gasteiger partial charge on any atom is -0.317 e. The lowest BCUT2D eigenvalue weighted by molar-refractivity contribution is 0.173. The van der Waals surface area contributed by atoms with Crippen molar-refractivity contribution in [3.8, 4) is 0 Å². The number of hydrogen-bond acceptors (Lipinski definition) is 3. The van der Waals surface area contributed by atoms with E-state index in [1.165, 1.54) is 24.1 Å². The van der Waals surface area contributed by atoms with Gasteiger partial charge in [-0.15, -0.1) is 11.3 Å². The third-order valence-corrected chi connectivity index (χ3v) is 4.69. The van der Waals surface area contributed by atoms with E-state index in [0.717, 1.165) is 0 Å². The van der Waals surface area contributed by atoms with E-state index in [9.17, 15) is 0 Å². The first-order chi connectivity index (χ1) is 7.13. The van der Waals surface area contributed by atoms with Crippen molar-refractivity contribution in [2.45, 2.75) is 45.1 Å². The summed E-state index contributed by atoms with van der Waals surface area (Å²) in [6.07, 6.45) is 5.92. The second-order valence-electron chi connectivity index (χ2n) is 5.20. The van der Waals surface area contributed by atoms with Crippen LogP contribution in [0.15, 0.2) is 11.7 Å². The lowest BCUT2D eigenvalue weighted by Gasteiger charge is -2.41. The van der Waals surface area contributed by atoms with Gasteiger partial charge < -0.3 is 5.32 Å². The Labute approximate surface area is 96.1 Å². The van der Waals surface area contributed by atoms with E-state index < -0.39 is 0 Å². The molecule has 1 aromatic heterocycles. The Morgan fingerprint density at radius 3 is 2.93 bits per heavy atom. The molecule has 3 heteroatoms. The molecule has 2 atom stereocenters. The molecule has 1 aliphatic carbocycles. The van der Waals surface area contributed by atoms with E-state index >= 15 is 0 Å². The van der Waals surface area contributed by atoms with E-state index in [4.69, 9.17) is 0 Å². The molecule has 0 radical (unpaired) electrons. The van der Waals surface area contributed by atoms with Crippen molar-refractivity contribution in [2.75, 3.05) is 7.05 Å². The Hall–Kier alpha value is -0.410. The molecule has 1 N–H and O–H groups in total. The van der Waals surface area contributed by atoms with Gasteiger partial charge in [-0.05, 0) is 31.7 Å². The third-order valence-electron chi connectivity index (χ3n) is 3.80. The van der Waals surface area contributed by atoms with Gasteiger partial charge in [-0.1, -0.05) is 13.8 Å². The second-order valence-corrected chi connectivity index (χ2v) is 6.12. The molecule has 0 bridgehead atoms. The van der Waals surface area contributed by atoms with Crippen molar-refractivity contribution < 1.29 is 0 Å². The molecule has 0 spiro atoms. The lowest BCUT2D eigenvalue weighted by Crippen LogP contribution is -2.38. The van der Waals surface area contributed by atoms with E-state index in [-0.39, 0.29) is 0 Å². The van der Waals surface area contributed by atoms with Crippen LogP contribution in [-0.2, 0) is 0 Å². The number of nitrogens with one attached hydrogen (secondary N) is 1. The minimum atomic E-state index is 0.430. The standard InChI is InChI=1S/C12H20N2S/c1-12(2)5-4-9(13-3)6-10(12)11-7-14-8-15-11/h7-10,13H,4-6H2,1-3H3. The number of nitrogens with zero attached hydrogens (tertiary/aromatic N) is 1. The van der Waals surface area contributed by atoms with Crippen LogP contribution in [0.25, 0.3) is 0 Å². The summed E-state index contributed by atoms with van der Waals surface area (Å²) in [6.45, 7) is 4.78. The van der Waals surface area contributed by atoms with Crippen molar-refractivity contribution in [3.05, 3.63) is 16.6 Å². The van der Waals surface area contributed by atoms with Gasteiger partial charge in [0.25, 0.3) is 0 Å². The highest BCUT2D eigenvalue weighted by atomic mass is 32.1. The number of thiazole rings is 1. The average molecular weight is 224 g/mol. The molecule has 0 saturated heterocycles. The van der Waals surface area contributed by atoms with E-state index in [1.807, 2.05) is 5.51 Å². The van der Waals surface area contributed by atoms with Crippen LogP contribution in [0.5, 0.6) is 0 Å². The quantitative estimate of drug-likeness (QED) is 0.835. The summed E-state index contributed by atoms with van der Waals surface area (Å²) in [5, 5.41) is 3.42. The van der Waals surface area contributed by atoms with Crippen molar-refractivity contribution in [3.63, 3.8) is 0 Å². The predicted octanol–water partition coefficient (Wildman–Crippen LogP) is 3.02. The molecule has 1 aliphatic rings. The molecule has 0 aromatic carbocycles. The molecule has 1 heterocycles. The first-order valence-corrected chi connectivity index (χ1v) is 6.57. The SMILES string of the molecule is CNC1CCC(C)(C)C(c2cncs2)C1. The third kappa shape index (κ3) is 2.23. The molecule has 15 heavy (non-hydrogen) atoms. The predicted molar refractivity (Wildman–Crippen MR) is 65.3 cm³/mol. The highest BCUT2D eigenvalue weighted by Crippen LogP contribution is 2.47. The van der Waals surface area contributed by atoms with Gasteiger partial charge in [0, 0.05) is 23.0 Å². The highest BCUT2D eigenvalue weighted by molar-refractivity contribution is 7.09. The van der Waals surface area contributed by atoms with Gasteiger partial charge in [-0.2, -0.15) is 0 Å². The number of aromatic nitrogens is 1. The minimum absolute atomic E-state index is 0.430. The van der Waals surface area contributed by atoms with Gasteiger partial charge in [0.15, 0.2) is 0 Å². The van der Waals surface area contributed by atoms with Crippen molar-refractivity contribution in [1.82, 2.24) is 10.3 Å². The van der Waals surface area contributed by atoms with E-state index in [0.29, 0.717) is 17.4 Å². The van der Waals surface area contributed by atoms with Crippen molar-refractivity contribution >= 4 is 11.3 Å². The molecule has 2 nitrogen and oxygen atoms in total. The van der Waals surface area contributed by atoms with Gasteiger partial charge in [-0.25, -0.2) is 0 Å². The summed E-state index contributed by atoms with van der Waals surface area (Å²) in [6, 6.07) is 0.685. The highest BCUT2D eigenvalue weighted by Gasteiger charge is 2.37. The topological polar surface area (TPSA) is 24.9 Å². The summed E-state index contributed by atoms with van der Waals surface area (Å²) in [7, 11) is 2.08. The van der Waals surface area contributed by atoms with Crippen LogP contribution in [0, 0.1) is 5.41 Å². The molecule has 2 unspecified atom stereocenters. The fourth-order valence-corrected chi connectivity index (χ4v) is 3.55. The maximum atomic E-state index is 4.21. The Kier molecular flexibility index (Phi) is 3.12. The second kappa shape index (κ2) is 4.22. The molecule has 1 aromatic rings. The fourth-order valence-electron chi connectivity index (χ4n) is 2.60. The maximum absolute atomic E-state index is 4.21. The average Bonchev–Trinajstić information content (AvgIpc) is 2.70. The van der Waals surface area contributed by atoms with Gasteiger partial charge in [-0.3, -0.25) is 4.98 Å². The van der Waals surface area contributed by atoms with Gasteiger partial charge >= 0.3 is 0 Å². The molecule has 1 saturated carbocycles. The summed E-state index contributed by atoms with van der Waals surface area (Å²) in [5.74, 6) is 0.677. The smallest absolute Gasteiger partial charge is 0.0794 e. The summed E-state index contributed by atoms with van der Waals surface area (Å²) in [4.78, 5) is 5.67. The van der Waals surface area contributed by atoms with Crippen LogP contribution in [-0.4, -0.2) is 18.1 Å². The summed E-state index contributed by atoms with van der Waals surface area (Å²) >= 11 is 1.81. The van der Waals surface area contributed by atoms with Crippen LogP contribution in [0.3, 0.4) is 0 Å². The van der Waals surface area contributed by atoms with Crippen LogP contribution in [0.1, 0.15) is 43.9 Å². The van der Waals surface area contributed by atoms with Crippen molar-refractivity contribution in [2.24, 2.45) is 5.41 Å². The number of rotatable bonds is 2. The molecule has 84 valence electrons. The van der Waals surface area contributed by atoms with Crippen LogP contribution >= 0.6 is 11.3 Å². The van der Waals surface area contributed by atoms with Crippen LogP contribution < -0.4 is 5.32 Å². The monoisotopic (exact) mass is 224 g/mol. The van der Waals surface area contributed by atoms with Gasteiger partial charge in [0.05, 0.1) is 5.51 Å². The summed E-state index contributed by atoms with van der Waals surface area (Å²) < 4.78 is 0. The maximum Gasteiger partial charge on any atom is 0.0794 e. The normalized spacial score (nSPS) is 30.3. The molecule has 0 aliphatic heterocycles. The first kappa shape index (κ1) is 11.1. The van der Waals surface area contributed by atoms with E-state index in [2.05, 4.69) is 37.4 Å². The zero-order valence-corrected chi connectivity index (χ0v) is 10.6. The first-order valence-electron chi connectivity index (χ1n) is 5.69. The Morgan fingerprint density at radius 1 is 1.53 bits per heavy atom. The van der Waals surface area contributed by atoms with Crippen LogP contribution in [0.2, 0.25) is 0 Å². The summed E-state index contributed by atoms with van der Waals surface area (Å²) in [5.41, 5.74) is 2.38. The molecular weight excluding hydrogens is 204 g/mol. The van der Waals surface area contributed by atoms with E-state index in [1.54, 1.807) is 11.3 Å². The Morgan fingerprint density at radius 2 is 2.33 bits per heavy atom. The Balaban J connectivity index is 2.19. The fraction of sp³-hybridized carbons (Fsp3) is 0.750.